The van der Waals surface area contributed by atoms with Crippen LogP contribution >= 0.6 is 36.2 Å². The number of thiazole rings is 1. The third kappa shape index (κ3) is 4.07. The van der Waals surface area contributed by atoms with Gasteiger partial charge in [-0.2, -0.15) is 0 Å². The summed E-state index contributed by atoms with van der Waals surface area (Å²) < 4.78 is 5.31. The summed E-state index contributed by atoms with van der Waals surface area (Å²) in [7, 11) is 0. The number of carbonyl (C=O) groups excluding carboxylic acids is 1. The first-order valence-electron chi connectivity index (χ1n) is 7.02. The number of nitrogens with zero attached hydrogens (tertiary/aromatic N) is 2. The monoisotopic (exact) mass is 377 g/mol. The van der Waals surface area contributed by atoms with E-state index in [1.165, 1.54) is 11.3 Å². The molecule has 5 nitrogen and oxygen atoms in total. The van der Waals surface area contributed by atoms with E-state index >= 15 is 0 Å². The van der Waals surface area contributed by atoms with Crippen LogP contribution in [0.2, 0.25) is 0 Å². The molecular formula is C15H21Cl2N3O2S. The predicted octanol–water partition coefficient (Wildman–Crippen LogP) is 3.45. The van der Waals surface area contributed by atoms with Crippen molar-refractivity contribution >= 4 is 42.1 Å². The third-order valence-corrected chi connectivity index (χ3v) is 5.05. The Labute approximate surface area is 152 Å². The van der Waals surface area contributed by atoms with Gasteiger partial charge in [-0.15, -0.1) is 36.2 Å². The topological polar surface area (TPSA) is 72.4 Å². The van der Waals surface area contributed by atoms with Crippen LogP contribution in [0.15, 0.2) is 29.0 Å². The second-order valence-corrected chi connectivity index (χ2v) is 7.15. The van der Waals surface area contributed by atoms with Crippen LogP contribution in [-0.2, 0) is 0 Å². The van der Waals surface area contributed by atoms with Gasteiger partial charge in [0.2, 0.25) is 0 Å². The standard InChI is InChI=1S/C15H19N3O2S.2ClH/c1-15(2)9-18(6-5-12(15)16)14(19)11-8-17-13(21-11)10-4-3-7-20-10;;/h3-4,7-8,12H,5-6,9,16H2,1-2H3;2*1H. The minimum absolute atomic E-state index is 0. The average molecular weight is 378 g/mol. The number of rotatable bonds is 2. The van der Waals surface area contributed by atoms with Crippen molar-refractivity contribution < 1.29 is 9.21 Å². The van der Waals surface area contributed by atoms with Crippen molar-refractivity contribution in [3.63, 3.8) is 0 Å². The first kappa shape index (κ1) is 20.0. The van der Waals surface area contributed by atoms with Gasteiger partial charge in [-0.25, -0.2) is 4.98 Å². The van der Waals surface area contributed by atoms with Crippen LogP contribution in [0.25, 0.3) is 10.8 Å². The van der Waals surface area contributed by atoms with Crippen LogP contribution in [0.3, 0.4) is 0 Å². The number of carbonyl (C=O) groups is 1. The number of furan rings is 1. The van der Waals surface area contributed by atoms with Crippen LogP contribution < -0.4 is 5.73 Å². The van der Waals surface area contributed by atoms with Crippen LogP contribution in [-0.4, -0.2) is 34.9 Å². The van der Waals surface area contributed by atoms with E-state index in [-0.39, 0.29) is 42.2 Å². The van der Waals surface area contributed by atoms with Gasteiger partial charge in [0, 0.05) is 19.1 Å². The molecule has 2 aromatic heterocycles. The summed E-state index contributed by atoms with van der Waals surface area (Å²) in [5.41, 5.74) is 6.07. The molecule has 0 bridgehead atoms. The van der Waals surface area contributed by atoms with Gasteiger partial charge in [-0.05, 0) is 24.0 Å². The lowest BCUT2D eigenvalue weighted by atomic mass is 9.79. The Morgan fingerprint density at radius 3 is 2.83 bits per heavy atom. The lowest BCUT2D eigenvalue weighted by Crippen LogP contribution is -2.53. The van der Waals surface area contributed by atoms with Crippen molar-refractivity contribution in [2.75, 3.05) is 13.1 Å². The zero-order valence-corrected chi connectivity index (χ0v) is 15.5. The van der Waals surface area contributed by atoms with Crippen LogP contribution in [0.5, 0.6) is 0 Å². The molecule has 2 aromatic rings. The number of halogens is 2. The van der Waals surface area contributed by atoms with Crippen LogP contribution in [0.1, 0.15) is 29.9 Å². The molecule has 128 valence electrons. The SMILES string of the molecule is CC1(C)CN(C(=O)c2cnc(-c3ccco3)s2)CCC1N.Cl.Cl. The van der Waals surface area contributed by atoms with Crippen molar-refractivity contribution in [2.24, 2.45) is 11.1 Å². The lowest BCUT2D eigenvalue weighted by molar-refractivity contribution is 0.0537. The molecule has 0 radical (unpaired) electrons. The van der Waals surface area contributed by atoms with Crippen molar-refractivity contribution in [3.8, 4) is 10.8 Å². The minimum atomic E-state index is -0.0531. The molecule has 3 rings (SSSR count). The summed E-state index contributed by atoms with van der Waals surface area (Å²) >= 11 is 1.37. The second-order valence-electron chi connectivity index (χ2n) is 6.12. The van der Waals surface area contributed by atoms with Gasteiger partial charge < -0.3 is 15.1 Å². The highest BCUT2D eigenvalue weighted by Gasteiger charge is 2.36. The highest BCUT2D eigenvalue weighted by atomic mass is 35.5. The summed E-state index contributed by atoms with van der Waals surface area (Å²) in [6.45, 7) is 5.61. The van der Waals surface area contributed by atoms with E-state index in [0.717, 1.165) is 11.4 Å². The molecule has 1 unspecified atom stereocenters. The Balaban J connectivity index is 0.00000132. The van der Waals surface area contributed by atoms with Gasteiger partial charge in [-0.3, -0.25) is 4.79 Å². The van der Waals surface area contributed by atoms with Crippen molar-refractivity contribution in [1.29, 1.82) is 0 Å². The van der Waals surface area contributed by atoms with E-state index in [9.17, 15) is 4.79 Å². The second kappa shape index (κ2) is 7.66. The Kier molecular flexibility index (Phi) is 6.65. The molecule has 1 aliphatic heterocycles. The summed E-state index contributed by atoms with van der Waals surface area (Å²) in [5.74, 6) is 0.727. The van der Waals surface area contributed by atoms with Gasteiger partial charge in [-0.1, -0.05) is 13.8 Å². The molecule has 1 fully saturated rings. The molecule has 1 atom stereocenters. The Morgan fingerprint density at radius 1 is 1.48 bits per heavy atom. The Bertz CT molecular complexity index is 643. The fourth-order valence-electron chi connectivity index (χ4n) is 2.59. The van der Waals surface area contributed by atoms with E-state index in [1.54, 1.807) is 12.5 Å². The molecule has 0 aliphatic carbocycles. The normalized spacial score (nSPS) is 19.6. The number of piperidine rings is 1. The fourth-order valence-corrected chi connectivity index (χ4v) is 3.44. The quantitative estimate of drug-likeness (QED) is 0.869. The third-order valence-electron chi connectivity index (χ3n) is 4.05. The Morgan fingerprint density at radius 2 is 2.22 bits per heavy atom. The van der Waals surface area contributed by atoms with Crippen molar-refractivity contribution in [1.82, 2.24) is 9.88 Å². The summed E-state index contributed by atoms with van der Waals surface area (Å²) in [6, 6.07) is 3.80. The van der Waals surface area contributed by atoms with Gasteiger partial charge in [0.05, 0.1) is 12.5 Å². The maximum Gasteiger partial charge on any atom is 0.265 e. The highest BCUT2D eigenvalue weighted by Crippen LogP contribution is 2.31. The van der Waals surface area contributed by atoms with Gasteiger partial charge in [0.15, 0.2) is 10.8 Å². The molecule has 23 heavy (non-hydrogen) atoms. The molecule has 0 spiro atoms. The van der Waals surface area contributed by atoms with E-state index in [1.807, 2.05) is 17.0 Å². The number of hydrogen-bond acceptors (Lipinski definition) is 5. The van der Waals surface area contributed by atoms with E-state index < -0.39 is 0 Å². The highest BCUT2D eigenvalue weighted by molar-refractivity contribution is 7.16. The molecule has 1 saturated heterocycles. The fraction of sp³-hybridized carbons (Fsp3) is 0.467. The van der Waals surface area contributed by atoms with Gasteiger partial charge in [0.1, 0.15) is 4.88 Å². The summed E-state index contributed by atoms with van der Waals surface area (Å²) in [6.07, 6.45) is 4.07. The molecule has 1 aliphatic rings. The smallest absolute Gasteiger partial charge is 0.265 e. The zero-order valence-electron chi connectivity index (χ0n) is 13.0. The maximum absolute atomic E-state index is 12.6. The first-order valence-corrected chi connectivity index (χ1v) is 7.83. The van der Waals surface area contributed by atoms with Gasteiger partial charge in [0.25, 0.3) is 5.91 Å². The molecule has 2 N–H and O–H groups in total. The number of nitrogens with two attached hydrogens (primary N) is 1. The predicted molar refractivity (Wildman–Crippen MR) is 96.6 cm³/mol. The Hall–Kier alpha value is -1.08. The molecule has 3 heterocycles. The molecule has 8 heteroatoms. The summed E-state index contributed by atoms with van der Waals surface area (Å²) in [5, 5.41) is 0.733. The largest absolute Gasteiger partial charge is 0.462 e. The van der Waals surface area contributed by atoms with E-state index in [2.05, 4.69) is 18.8 Å². The van der Waals surface area contributed by atoms with Crippen molar-refractivity contribution in [2.45, 2.75) is 26.3 Å². The molecule has 0 aromatic carbocycles. The molecule has 0 saturated carbocycles. The van der Waals surface area contributed by atoms with Crippen LogP contribution in [0.4, 0.5) is 0 Å². The number of hydrogen-bond donors (Lipinski definition) is 1. The maximum atomic E-state index is 12.6. The van der Waals surface area contributed by atoms with Crippen molar-refractivity contribution in [3.05, 3.63) is 29.5 Å². The minimum Gasteiger partial charge on any atom is -0.462 e. The number of amides is 1. The molecular weight excluding hydrogens is 357 g/mol. The lowest BCUT2D eigenvalue weighted by Gasteiger charge is -2.42. The first-order chi connectivity index (χ1) is 9.97. The average Bonchev–Trinajstić information content (AvgIpc) is 3.10. The zero-order chi connectivity index (χ0) is 15.0. The van der Waals surface area contributed by atoms with E-state index in [0.29, 0.717) is 23.7 Å². The summed E-state index contributed by atoms with van der Waals surface area (Å²) in [4.78, 5) is 19.4. The van der Waals surface area contributed by atoms with Gasteiger partial charge >= 0.3 is 0 Å². The number of likely N-dealkylation sites (tertiary alicyclic amines) is 1. The van der Waals surface area contributed by atoms with E-state index in [4.69, 9.17) is 10.2 Å². The number of aromatic nitrogens is 1. The molecule has 1 amide bonds. The van der Waals surface area contributed by atoms with Crippen LogP contribution in [0, 0.1) is 5.41 Å².